The Morgan fingerprint density at radius 1 is 1.22 bits per heavy atom. The molecule has 1 rings (SSSR count). The summed E-state index contributed by atoms with van der Waals surface area (Å²) in [6, 6.07) is 0. The van der Waals surface area contributed by atoms with Crippen LogP contribution in [-0.4, -0.2) is 27.5 Å². The summed E-state index contributed by atoms with van der Waals surface area (Å²) in [6.07, 6.45) is 2.08. The SMILES string of the molecule is OP(O)(=S)N1CCCC1. The molecule has 9 heavy (non-hydrogen) atoms. The zero-order valence-electron chi connectivity index (χ0n) is 5.03. The first-order valence-electron chi connectivity index (χ1n) is 2.92. The Bertz CT molecular complexity index is 140. The molecule has 0 atom stereocenters. The van der Waals surface area contributed by atoms with E-state index in [9.17, 15) is 0 Å². The largest absolute Gasteiger partial charge is 0.334 e. The standard InChI is InChI=1S/C4H10NO2PS/c6-8(7,9)5-3-1-2-4-5/h1-4H2,(H2,6,7,9). The van der Waals surface area contributed by atoms with Gasteiger partial charge in [-0.25, -0.2) is 4.67 Å². The molecule has 0 aromatic heterocycles. The lowest BCUT2D eigenvalue weighted by atomic mass is 10.4. The van der Waals surface area contributed by atoms with Crippen LogP contribution in [0.15, 0.2) is 0 Å². The van der Waals surface area contributed by atoms with Gasteiger partial charge in [-0.2, -0.15) is 0 Å². The monoisotopic (exact) mass is 167 g/mol. The van der Waals surface area contributed by atoms with Gasteiger partial charge in [-0.1, -0.05) is 0 Å². The molecule has 0 aromatic carbocycles. The highest BCUT2D eigenvalue weighted by Crippen LogP contribution is 2.42. The highest BCUT2D eigenvalue weighted by atomic mass is 32.5. The summed E-state index contributed by atoms with van der Waals surface area (Å²) in [5.74, 6) is 0. The molecule has 3 nitrogen and oxygen atoms in total. The number of hydrogen-bond acceptors (Lipinski definition) is 1. The van der Waals surface area contributed by atoms with Crippen LogP contribution in [0.2, 0.25) is 0 Å². The van der Waals surface area contributed by atoms with Crippen molar-refractivity contribution in [2.75, 3.05) is 13.1 Å². The van der Waals surface area contributed by atoms with Gasteiger partial charge in [-0.15, -0.1) is 0 Å². The Balaban J connectivity index is 2.52. The normalized spacial score (nSPS) is 22.9. The van der Waals surface area contributed by atoms with Crippen molar-refractivity contribution >= 4 is 18.4 Å². The molecule has 1 saturated heterocycles. The molecule has 0 unspecified atom stereocenters. The van der Waals surface area contributed by atoms with Gasteiger partial charge in [0.15, 0.2) is 0 Å². The summed E-state index contributed by atoms with van der Waals surface area (Å²) in [7, 11) is 0. The van der Waals surface area contributed by atoms with Crippen LogP contribution in [0.4, 0.5) is 0 Å². The predicted octanol–water partition coefficient (Wildman–Crippen LogP) is 0.291. The fourth-order valence-corrected chi connectivity index (χ4v) is 2.25. The van der Waals surface area contributed by atoms with Crippen LogP contribution in [0.3, 0.4) is 0 Å². The second-order valence-corrected chi connectivity index (χ2v) is 5.24. The van der Waals surface area contributed by atoms with E-state index in [0.29, 0.717) is 0 Å². The van der Waals surface area contributed by atoms with E-state index in [4.69, 9.17) is 9.79 Å². The van der Waals surface area contributed by atoms with Gasteiger partial charge in [0.2, 0.25) is 0 Å². The summed E-state index contributed by atoms with van der Waals surface area (Å²) >= 11 is 4.49. The van der Waals surface area contributed by atoms with Crippen LogP contribution in [0, 0.1) is 0 Å². The van der Waals surface area contributed by atoms with E-state index in [0.717, 1.165) is 25.9 Å². The molecule has 5 heteroatoms. The van der Waals surface area contributed by atoms with Crippen molar-refractivity contribution in [1.29, 1.82) is 0 Å². The van der Waals surface area contributed by atoms with E-state index in [1.165, 1.54) is 0 Å². The first-order chi connectivity index (χ1) is 4.11. The van der Waals surface area contributed by atoms with Gasteiger partial charge in [-0.05, 0) is 24.6 Å². The lowest BCUT2D eigenvalue weighted by Crippen LogP contribution is -2.14. The molecule has 1 aliphatic heterocycles. The van der Waals surface area contributed by atoms with Crippen molar-refractivity contribution in [2.24, 2.45) is 0 Å². The molecule has 0 spiro atoms. The molecule has 1 fully saturated rings. The Hall–Kier alpha value is 0.530. The van der Waals surface area contributed by atoms with Gasteiger partial charge in [-0.3, -0.25) is 0 Å². The van der Waals surface area contributed by atoms with Gasteiger partial charge in [0, 0.05) is 13.1 Å². The quantitative estimate of drug-likeness (QED) is 0.551. The van der Waals surface area contributed by atoms with E-state index >= 15 is 0 Å². The third-order valence-corrected chi connectivity index (χ3v) is 3.28. The molecular formula is C4H10NO2PS. The summed E-state index contributed by atoms with van der Waals surface area (Å²) in [5, 5.41) is 0. The van der Waals surface area contributed by atoms with Gasteiger partial charge in [0.05, 0.1) is 0 Å². The molecule has 1 aliphatic rings. The summed E-state index contributed by atoms with van der Waals surface area (Å²) in [6.45, 7) is -1.54. The molecule has 0 bridgehead atoms. The first-order valence-corrected chi connectivity index (χ1v) is 5.58. The first kappa shape index (κ1) is 7.63. The average Bonchev–Trinajstić information content (AvgIpc) is 2.08. The van der Waals surface area contributed by atoms with E-state index in [1.54, 1.807) is 4.67 Å². The summed E-state index contributed by atoms with van der Waals surface area (Å²) in [4.78, 5) is 17.8. The number of nitrogens with zero attached hydrogens (tertiary/aromatic N) is 1. The van der Waals surface area contributed by atoms with E-state index in [2.05, 4.69) is 11.8 Å². The minimum Gasteiger partial charge on any atom is -0.334 e. The molecule has 0 saturated carbocycles. The fraction of sp³-hybridized carbons (Fsp3) is 1.00. The summed E-state index contributed by atoms with van der Waals surface area (Å²) < 4.78 is 1.59. The van der Waals surface area contributed by atoms with Crippen LogP contribution in [0.1, 0.15) is 12.8 Å². The minimum atomic E-state index is -3.05. The zero-order valence-corrected chi connectivity index (χ0v) is 6.74. The Kier molecular flexibility index (Phi) is 2.24. The molecule has 0 radical (unpaired) electrons. The van der Waals surface area contributed by atoms with Crippen LogP contribution >= 0.6 is 6.64 Å². The molecule has 54 valence electrons. The number of hydrogen-bond donors (Lipinski definition) is 2. The molecule has 0 aliphatic carbocycles. The fourth-order valence-electron chi connectivity index (χ4n) is 0.961. The van der Waals surface area contributed by atoms with Crippen molar-refractivity contribution in [1.82, 2.24) is 4.67 Å². The third kappa shape index (κ3) is 1.99. The lowest BCUT2D eigenvalue weighted by molar-refractivity contribution is 0.376. The maximum Gasteiger partial charge on any atom is 0.258 e. The van der Waals surface area contributed by atoms with Crippen molar-refractivity contribution in [3.8, 4) is 0 Å². The van der Waals surface area contributed by atoms with Crippen molar-refractivity contribution in [2.45, 2.75) is 12.8 Å². The summed E-state index contributed by atoms with van der Waals surface area (Å²) in [5.41, 5.74) is 0. The van der Waals surface area contributed by atoms with Crippen LogP contribution in [-0.2, 0) is 11.8 Å². The third-order valence-electron chi connectivity index (χ3n) is 1.45. The van der Waals surface area contributed by atoms with Crippen molar-refractivity contribution in [3.63, 3.8) is 0 Å². The van der Waals surface area contributed by atoms with Gasteiger partial charge in [0.25, 0.3) is 6.64 Å². The topological polar surface area (TPSA) is 43.7 Å². The second-order valence-electron chi connectivity index (χ2n) is 2.17. The van der Waals surface area contributed by atoms with Crippen LogP contribution in [0.25, 0.3) is 0 Å². The van der Waals surface area contributed by atoms with Gasteiger partial charge >= 0.3 is 0 Å². The zero-order chi connectivity index (χ0) is 6.91. The van der Waals surface area contributed by atoms with Crippen LogP contribution < -0.4 is 0 Å². The molecule has 2 N–H and O–H groups in total. The van der Waals surface area contributed by atoms with E-state index in [-0.39, 0.29) is 0 Å². The Morgan fingerprint density at radius 3 is 1.89 bits per heavy atom. The predicted molar refractivity (Wildman–Crippen MR) is 39.5 cm³/mol. The second kappa shape index (κ2) is 2.64. The maximum absolute atomic E-state index is 8.92. The lowest BCUT2D eigenvalue weighted by Gasteiger charge is -2.18. The molecule has 0 amide bonds. The molecule has 1 heterocycles. The van der Waals surface area contributed by atoms with E-state index in [1.807, 2.05) is 0 Å². The van der Waals surface area contributed by atoms with Crippen molar-refractivity contribution in [3.05, 3.63) is 0 Å². The van der Waals surface area contributed by atoms with Crippen molar-refractivity contribution < 1.29 is 9.79 Å². The molecular weight excluding hydrogens is 157 g/mol. The highest BCUT2D eigenvalue weighted by molar-refractivity contribution is 8.07. The minimum absolute atomic E-state index is 0.754. The van der Waals surface area contributed by atoms with E-state index < -0.39 is 6.64 Å². The molecule has 0 aromatic rings. The highest BCUT2D eigenvalue weighted by Gasteiger charge is 2.23. The number of rotatable bonds is 1. The Morgan fingerprint density at radius 2 is 1.67 bits per heavy atom. The smallest absolute Gasteiger partial charge is 0.258 e. The Labute approximate surface area is 59.5 Å². The van der Waals surface area contributed by atoms with Crippen LogP contribution in [0.5, 0.6) is 0 Å². The van der Waals surface area contributed by atoms with Gasteiger partial charge in [0.1, 0.15) is 0 Å². The average molecular weight is 167 g/mol. The maximum atomic E-state index is 8.92. The van der Waals surface area contributed by atoms with Gasteiger partial charge < -0.3 is 9.79 Å².